The molecule has 1 fully saturated rings. The lowest BCUT2D eigenvalue weighted by molar-refractivity contribution is 0.445. The molecule has 1 aliphatic heterocycles. The fourth-order valence-corrected chi connectivity index (χ4v) is 4.32. The Bertz CT molecular complexity index is 469. The van der Waals surface area contributed by atoms with Crippen LogP contribution in [0.2, 0.25) is 0 Å². The van der Waals surface area contributed by atoms with E-state index in [0.717, 1.165) is 37.8 Å². The number of nitrogens with one attached hydrogen (secondary N) is 2. The van der Waals surface area contributed by atoms with Crippen LogP contribution in [0.1, 0.15) is 59.3 Å². The van der Waals surface area contributed by atoms with Crippen LogP contribution in [-0.2, 0) is 10.0 Å². The van der Waals surface area contributed by atoms with E-state index in [4.69, 9.17) is 0 Å². The molecule has 0 aliphatic carbocycles. The van der Waals surface area contributed by atoms with Crippen molar-refractivity contribution in [2.24, 2.45) is 10.9 Å². The van der Waals surface area contributed by atoms with E-state index in [-0.39, 0.29) is 29.7 Å². The third kappa shape index (κ3) is 11.3. The van der Waals surface area contributed by atoms with Crippen LogP contribution >= 0.6 is 24.0 Å². The maximum Gasteiger partial charge on any atom is 0.214 e. The van der Waals surface area contributed by atoms with Crippen molar-refractivity contribution >= 4 is 40.0 Å². The third-order valence-electron chi connectivity index (χ3n) is 4.16. The minimum Gasteiger partial charge on any atom is -0.357 e. The van der Waals surface area contributed by atoms with Crippen LogP contribution in [0.3, 0.4) is 0 Å². The standard InChI is InChI=1S/C17H36N4O2S.HI/c1-4-18-17(19-11-8-6-5-7-10-16(2)3)20-12-14-21-13-9-15-24(21,22)23;/h16H,4-15H2,1-3H3,(H2,18,19,20);1H. The van der Waals surface area contributed by atoms with Gasteiger partial charge in [-0.15, -0.1) is 24.0 Å². The fraction of sp³-hybridized carbons (Fsp3) is 0.941. The lowest BCUT2D eigenvalue weighted by atomic mass is 10.0. The molecule has 8 heteroatoms. The first-order valence-corrected chi connectivity index (χ1v) is 11.1. The summed E-state index contributed by atoms with van der Waals surface area (Å²) in [5.41, 5.74) is 0. The van der Waals surface area contributed by atoms with Crippen LogP contribution < -0.4 is 10.6 Å². The fourth-order valence-electron chi connectivity index (χ4n) is 2.79. The van der Waals surface area contributed by atoms with E-state index in [1.165, 1.54) is 25.7 Å². The van der Waals surface area contributed by atoms with Gasteiger partial charge in [0.2, 0.25) is 10.0 Å². The topological polar surface area (TPSA) is 73.8 Å². The molecule has 1 heterocycles. The van der Waals surface area contributed by atoms with Crippen molar-refractivity contribution in [1.82, 2.24) is 14.9 Å². The van der Waals surface area contributed by atoms with Crippen LogP contribution in [0.5, 0.6) is 0 Å². The molecule has 0 spiro atoms. The molecule has 0 bridgehead atoms. The Hall–Kier alpha value is -0.0900. The first kappa shape index (κ1) is 24.9. The van der Waals surface area contributed by atoms with Crippen molar-refractivity contribution in [3.8, 4) is 0 Å². The van der Waals surface area contributed by atoms with Crippen molar-refractivity contribution in [3.05, 3.63) is 0 Å². The molecular weight excluding hydrogens is 451 g/mol. The van der Waals surface area contributed by atoms with Gasteiger partial charge >= 0.3 is 0 Å². The van der Waals surface area contributed by atoms with Gasteiger partial charge < -0.3 is 10.6 Å². The summed E-state index contributed by atoms with van der Waals surface area (Å²) in [4.78, 5) is 4.57. The van der Waals surface area contributed by atoms with E-state index in [2.05, 4.69) is 29.5 Å². The predicted molar refractivity (Wildman–Crippen MR) is 117 cm³/mol. The van der Waals surface area contributed by atoms with Crippen LogP contribution in [0, 0.1) is 5.92 Å². The molecule has 0 aromatic heterocycles. The van der Waals surface area contributed by atoms with Gasteiger partial charge in [0.1, 0.15) is 0 Å². The molecule has 1 aliphatic rings. The minimum atomic E-state index is -3.00. The molecule has 6 nitrogen and oxygen atoms in total. The highest BCUT2D eigenvalue weighted by Gasteiger charge is 2.27. The van der Waals surface area contributed by atoms with E-state index in [1.807, 2.05) is 6.92 Å². The Balaban J connectivity index is 0.00000576. The summed E-state index contributed by atoms with van der Waals surface area (Å²) < 4.78 is 25.1. The van der Waals surface area contributed by atoms with Crippen molar-refractivity contribution in [3.63, 3.8) is 0 Å². The maximum absolute atomic E-state index is 11.8. The molecule has 0 radical (unpaired) electrons. The van der Waals surface area contributed by atoms with Crippen LogP contribution in [0.15, 0.2) is 4.99 Å². The summed E-state index contributed by atoms with van der Waals surface area (Å²) in [5.74, 6) is 1.88. The number of sulfonamides is 1. The predicted octanol–water partition coefficient (Wildman–Crippen LogP) is 2.80. The molecule has 0 saturated carbocycles. The average molecular weight is 488 g/mol. The van der Waals surface area contributed by atoms with Gasteiger partial charge in [0.15, 0.2) is 5.96 Å². The Labute approximate surface area is 171 Å². The minimum absolute atomic E-state index is 0. The molecule has 0 amide bonds. The molecule has 25 heavy (non-hydrogen) atoms. The van der Waals surface area contributed by atoms with Gasteiger partial charge in [-0.1, -0.05) is 39.5 Å². The molecule has 2 N–H and O–H groups in total. The summed E-state index contributed by atoms with van der Waals surface area (Å²) in [7, 11) is -3.00. The van der Waals surface area contributed by atoms with E-state index in [1.54, 1.807) is 4.31 Å². The highest BCUT2D eigenvalue weighted by molar-refractivity contribution is 14.0. The van der Waals surface area contributed by atoms with Gasteiger partial charge in [-0.25, -0.2) is 12.7 Å². The zero-order valence-electron chi connectivity index (χ0n) is 16.1. The Morgan fingerprint density at radius 1 is 1.16 bits per heavy atom. The van der Waals surface area contributed by atoms with E-state index in [9.17, 15) is 8.42 Å². The summed E-state index contributed by atoms with van der Waals surface area (Å²) in [6.45, 7) is 9.96. The molecular formula is C17H37IN4O2S. The number of nitrogens with zero attached hydrogens (tertiary/aromatic N) is 2. The Kier molecular flexibility index (Phi) is 14.0. The summed E-state index contributed by atoms with van der Waals surface area (Å²) in [6.07, 6.45) is 6.98. The van der Waals surface area contributed by atoms with Gasteiger partial charge in [0.05, 0.1) is 5.75 Å². The van der Waals surface area contributed by atoms with Gasteiger partial charge in [0.25, 0.3) is 0 Å². The van der Waals surface area contributed by atoms with E-state index < -0.39 is 10.0 Å². The normalized spacial score (nSPS) is 17.5. The Morgan fingerprint density at radius 3 is 2.48 bits per heavy atom. The first-order valence-electron chi connectivity index (χ1n) is 9.45. The first-order chi connectivity index (χ1) is 11.5. The van der Waals surface area contributed by atoms with Gasteiger partial charge in [0, 0.05) is 32.7 Å². The number of hydrogen-bond donors (Lipinski definition) is 2. The number of aliphatic imine (C=N–C) groups is 1. The zero-order valence-corrected chi connectivity index (χ0v) is 19.2. The van der Waals surface area contributed by atoms with Crippen molar-refractivity contribution in [1.29, 1.82) is 0 Å². The van der Waals surface area contributed by atoms with Crippen LogP contribution in [-0.4, -0.2) is 57.2 Å². The molecule has 1 rings (SSSR count). The van der Waals surface area contributed by atoms with E-state index >= 15 is 0 Å². The molecule has 150 valence electrons. The second-order valence-electron chi connectivity index (χ2n) is 6.85. The lowest BCUT2D eigenvalue weighted by Gasteiger charge is -2.16. The van der Waals surface area contributed by atoms with Gasteiger partial charge in [-0.3, -0.25) is 4.99 Å². The number of halogens is 1. The number of guanidine groups is 1. The number of rotatable bonds is 11. The second-order valence-corrected chi connectivity index (χ2v) is 8.94. The van der Waals surface area contributed by atoms with Gasteiger partial charge in [-0.05, 0) is 25.7 Å². The van der Waals surface area contributed by atoms with Crippen LogP contribution in [0.4, 0.5) is 0 Å². The second kappa shape index (κ2) is 14.0. The quantitative estimate of drug-likeness (QED) is 0.203. The lowest BCUT2D eigenvalue weighted by Crippen LogP contribution is -2.42. The number of hydrogen-bond acceptors (Lipinski definition) is 3. The van der Waals surface area contributed by atoms with Crippen molar-refractivity contribution in [2.45, 2.75) is 59.3 Å². The average Bonchev–Trinajstić information content (AvgIpc) is 2.84. The molecule has 1 saturated heterocycles. The van der Waals surface area contributed by atoms with Crippen LogP contribution in [0.25, 0.3) is 0 Å². The number of unbranched alkanes of at least 4 members (excludes halogenated alkanes) is 3. The molecule has 0 unspecified atom stereocenters. The molecule has 0 atom stereocenters. The monoisotopic (exact) mass is 488 g/mol. The Morgan fingerprint density at radius 2 is 1.88 bits per heavy atom. The third-order valence-corrected chi connectivity index (χ3v) is 6.12. The largest absolute Gasteiger partial charge is 0.357 e. The zero-order chi connectivity index (χ0) is 17.8. The van der Waals surface area contributed by atoms with Crippen molar-refractivity contribution < 1.29 is 8.42 Å². The smallest absolute Gasteiger partial charge is 0.214 e. The summed E-state index contributed by atoms with van der Waals surface area (Å²) in [5, 5.41) is 6.45. The highest BCUT2D eigenvalue weighted by atomic mass is 127. The molecule has 0 aromatic carbocycles. The maximum atomic E-state index is 11.8. The highest BCUT2D eigenvalue weighted by Crippen LogP contribution is 2.12. The SMILES string of the molecule is CCNC(=NCCCCCCC(C)C)NCCN1CCCS1(=O)=O.I. The van der Waals surface area contributed by atoms with Gasteiger partial charge in [-0.2, -0.15) is 0 Å². The summed E-state index contributed by atoms with van der Waals surface area (Å²) >= 11 is 0. The molecule has 0 aromatic rings. The van der Waals surface area contributed by atoms with E-state index in [0.29, 0.717) is 19.6 Å². The summed E-state index contributed by atoms with van der Waals surface area (Å²) in [6, 6.07) is 0. The van der Waals surface area contributed by atoms with Crippen molar-refractivity contribution in [2.75, 3.05) is 38.5 Å².